The number of methoxy groups -OCH3 is 2. The van der Waals surface area contributed by atoms with Crippen LogP contribution in [-0.2, 0) is 22.4 Å². The fraction of sp³-hybridized carbons (Fsp3) is 0.364. The van der Waals surface area contributed by atoms with Crippen LogP contribution in [0.2, 0.25) is 0 Å². The lowest BCUT2D eigenvalue weighted by Gasteiger charge is -2.24. The normalized spacial score (nSPS) is 11.6. The molecule has 0 aliphatic heterocycles. The maximum atomic E-state index is 13.1. The highest BCUT2D eigenvalue weighted by atomic mass is 16.5. The summed E-state index contributed by atoms with van der Waals surface area (Å²) >= 11 is 0. The first kappa shape index (κ1) is 32.1. The predicted octanol–water partition coefficient (Wildman–Crippen LogP) is 6.96. The van der Waals surface area contributed by atoms with Crippen molar-refractivity contribution in [3.05, 3.63) is 77.9 Å². The number of ether oxygens (including phenoxy) is 4. The minimum atomic E-state index is -0.791. The summed E-state index contributed by atoms with van der Waals surface area (Å²) in [6, 6.07) is 6.30. The van der Waals surface area contributed by atoms with E-state index in [1.54, 1.807) is 84.0 Å². The first-order valence-corrected chi connectivity index (χ1v) is 13.0. The van der Waals surface area contributed by atoms with Crippen molar-refractivity contribution in [1.29, 1.82) is 0 Å². The number of benzene rings is 2. The van der Waals surface area contributed by atoms with E-state index in [-0.39, 0.29) is 17.5 Å². The van der Waals surface area contributed by atoms with E-state index in [1.165, 1.54) is 20.3 Å². The van der Waals surface area contributed by atoms with Gasteiger partial charge in [0.1, 0.15) is 23.0 Å². The number of rotatable bonds is 11. The molecule has 0 fully saturated rings. The third-order valence-electron chi connectivity index (χ3n) is 5.86. The summed E-state index contributed by atoms with van der Waals surface area (Å²) in [4.78, 5) is 38.3. The topological polar surface area (TPSA) is 88.1 Å². The summed E-state index contributed by atoms with van der Waals surface area (Å²) in [5.74, 6) is 0.328. The fourth-order valence-corrected chi connectivity index (χ4v) is 3.67. The first-order valence-electron chi connectivity index (χ1n) is 13.0. The summed E-state index contributed by atoms with van der Waals surface area (Å²) in [5.41, 5.74) is 0.650. The van der Waals surface area contributed by atoms with E-state index >= 15 is 0 Å². The van der Waals surface area contributed by atoms with Crippen LogP contribution in [0, 0.1) is 10.8 Å². The number of carbonyl (C=O) groups is 3. The van der Waals surface area contributed by atoms with Gasteiger partial charge in [0.2, 0.25) is 0 Å². The van der Waals surface area contributed by atoms with Gasteiger partial charge in [-0.05, 0) is 90.8 Å². The van der Waals surface area contributed by atoms with Crippen molar-refractivity contribution in [2.45, 2.75) is 54.4 Å². The molecule has 0 radical (unpaired) electrons. The van der Waals surface area contributed by atoms with E-state index in [9.17, 15) is 14.4 Å². The molecule has 0 heterocycles. The maximum absolute atomic E-state index is 13.1. The fourth-order valence-electron chi connectivity index (χ4n) is 3.67. The summed E-state index contributed by atoms with van der Waals surface area (Å²) in [6.45, 7) is 18.3. The molecule has 0 saturated carbocycles. The molecule has 0 aliphatic rings. The van der Waals surface area contributed by atoms with Crippen molar-refractivity contribution in [2.24, 2.45) is 10.8 Å². The van der Waals surface area contributed by atoms with Gasteiger partial charge in [0.05, 0.1) is 30.6 Å². The number of esters is 2. The highest BCUT2D eigenvalue weighted by Crippen LogP contribution is 2.46. The smallest absolute Gasteiger partial charge is 0.316 e. The van der Waals surface area contributed by atoms with Crippen LogP contribution in [0.5, 0.6) is 23.0 Å². The molecule has 40 heavy (non-hydrogen) atoms. The van der Waals surface area contributed by atoms with Crippen LogP contribution >= 0.6 is 0 Å². The van der Waals surface area contributed by atoms with Gasteiger partial charge in [-0.25, -0.2) is 0 Å². The molecule has 0 N–H and O–H groups in total. The molecule has 0 aromatic heterocycles. The summed E-state index contributed by atoms with van der Waals surface area (Å²) < 4.78 is 22.9. The van der Waals surface area contributed by atoms with Crippen molar-refractivity contribution in [1.82, 2.24) is 0 Å². The minimum absolute atomic E-state index is 0.231. The van der Waals surface area contributed by atoms with Crippen molar-refractivity contribution in [2.75, 3.05) is 14.2 Å². The zero-order chi connectivity index (χ0) is 30.3. The Balaban J connectivity index is 2.64. The average molecular weight is 549 g/mol. The van der Waals surface area contributed by atoms with Gasteiger partial charge < -0.3 is 18.9 Å². The average Bonchev–Trinajstić information content (AvgIpc) is 2.88. The van der Waals surface area contributed by atoms with E-state index in [0.717, 1.165) is 0 Å². The molecular formula is C33H40O7. The van der Waals surface area contributed by atoms with E-state index in [0.29, 0.717) is 52.3 Å². The van der Waals surface area contributed by atoms with Crippen LogP contribution in [0.15, 0.2) is 55.7 Å². The standard InChI is InChI=1S/C33H40O7/c1-11-13-23-27(37-9)24(14-12-2)29(40-31(36)33(6,7)8)25(28(23)38-10)19-20-26(34)21-15-17-22(18-16-21)39-30(35)32(3,4)5/h11-12,15-20H,1-2,13-14H2,3-10H3. The molecule has 0 saturated heterocycles. The van der Waals surface area contributed by atoms with Crippen molar-refractivity contribution in [3.63, 3.8) is 0 Å². The van der Waals surface area contributed by atoms with Crippen LogP contribution in [0.25, 0.3) is 6.08 Å². The Morgan fingerprint density at radius 1 is 0.725 bits per heavy atom. The van der Waals surface area contributed by atoms with Gasteiger partial charge in [-0.1, -0.05) is 12.2 Å². The monoisotopic (exact) mass is 548 g/mol. The molecule has 0 aliphatic carbocycles. The second kappa shape index (κ2) is 13.3. The molecule has 0 bridgehead atoms. The number of hydrogen-bond donors (Lipinski definition) is 0. The molecule has 0 unspecified atom stereocenters. The molecule has 2 aromatic rings. The summed E-state index contributed by atoms with van der Waals surface area (Å²) in [5, 5.41) is 0. The van der Waals surface area contributed by atoms with Crippen LogP contribution in [0.3, 0.4) is 0 Å². The minimum Gasteiger partial charge on any atom is -0.496 e. The van der Waals surface area contributed by atoms with Gasteiger partial charge in [-0.2, -0.15) is 0 Å². The highest BCUT2D eigenvalue weighted by molar-refractivity contribution is 6.07. The van der Waals surface area contributed by atoms with E-state index in [1.807, 2.05) is 0 Å². The third kappa shape index (κ3) is 7.72. The second-order valence-corrected chi connectivity index (χ2v) is 11.3. The number of hydrogen-bond acceptors (Lipinski definition) is 7. The highest BCUT2D eigenvalue weighted by Gasteiger charge is 2.30. The molecule has 0 amide bonds. The molecule has 2 aromatic carbocycles. The van der Waals surface area contributed by atoms with E-state index in [4.69, 9.17) is 18.9 Å². The van der Waals surface area contributed by atoms with Gasteiger partial charge in [-0.3, -0.25) is 14.4 Å². The van der Waals surface area contributed by atoms with Crippen LogP contribution in [0.1, 0.15) is 68.6 Å². The maximum Gasteiger partial charge on any atom is 0.316 e. The SMILES string of the molecule is C=CCc1c(OC)c(C=CC(=O)c2ccc(OC(=O)C(C)(C)C)cc2)c(OC(=O)C(C)(C)C)c(CC=C)c1OC. The van der Waals surface area contributed by atoms with Gasteiger partial charge in [-0.15, -0.1) is 13.2 Å². The van der Waals surface area contributed by atoms with Gasteiger partial charge >= 0.3 is 11.9 Å². The van der Waals surface area contributed by atoms with Crippen LogP contribution in [-0.4, -0.2) is 31.9 Å². The first-order chi connectivity index (χ1) is 18.7. The Morgan fingerprint density at radius 3 is 1.65 bits per heavy atom. The summed E-state index contributed by atoms with van der Waals surface area (Å²) in [7, 11) is 3.03. The number of carbonyl (C=O) groups excluding carboxylic acids is 3. The molecule has 214 valence electrons. The van der Waals surface area contributed by atoms with Crippen molar-refractivity contribution >= 4 is 23.8 Å². The lowest BCUT2D eigenvalue weighted by molar-refractivity contribution is -0.143. The second-order valence-electron chi connectivity index (χ2n) is 11.3. The third-order valence-corrected chi connectivity index (χ3v) is 5.86. The van der Waals surface area contributed by atoms with Crippen molar-refractivity contribution < 1.29 is 33.3 Å². The number of allylic oxidation sites excluding steroid dienone is 3. The molecule has 0 spiro atoms. The summed E-state index contributed by atoms with van der Waals surface area (Å²) in [6.07, 6.45) is 7.10. The Labute approximate surface area is 237 Å². The molecule has 0 atom stereocenters. The predicted molar refractivity (Wildman–Crippen MR) is 157 cm³/mol. The molecule has 7 nitrogen and oxygen atoms in total. The lowest BCUT2D eigenvalue weighted by Crippen LogP contribution is -2.26. The molecular weight excluding hydrogens is 508 g/mol. The van der Waals surface area contributed by atoms with Gasteiger partial charge in [0.15, 0.2) is 5.78 Å². The van der Waals surface area contributed by atoms with Gasteiger partial charge in [0, 0.05) is 16.7 Å². The van der Waals surface area contributed by atoms with Crippen LogP contribution in [0.4, 0.5) is 0 Å². The number of ketones is 1. The largest absolute Gasteiger partial charge is 0.496 e. The zero-order valence-corrected chi connectivity index (χ0v) is 24.8. The Hall–Kier alpha value is -4.13. The molecule has 2 rings (SSSR count). The Morgan fingerprint density at radius 2 is 1.20 bits per heavy atom. The van der Waals surface area contributed by atoms with Crippen LogP contribution < -0.4 is 18.9 Å². The lowest BCUT2D eigenvalue weighted by atomic mass is 9.94. The quantitative estimate of drug-likeness (QED) is 0.0986. The van der Waals surface area contributed by atoms with E-state index < -0.39 is 16.8 Å². The Kier molecular flexibility index (Phi) is 10.7. The van der Waals surface area contributed by atoms with E-state index in [2.05, 4.69) is 13.2 Å². The zero-order valence-electron chi connectivity index (χ0n) is 24.8. The Bertz CT molecular complexity index is 1300. The van der Waals surface area contributed by atoms with Crippen molar-refractivity contribution in [3.8, 4) is 23.0 Å². The molecule has 7 heteroatoms. The van der Waals surface area contributed by atoms with Gasteiger partial charge in [0.25, 0.3) is 0 Å².